The Morgan fingerprint density at radius 1 is 1.23 bits per heavy atom. The van der Waals surface area contributed by atoms with Gasteiger partial charge in [0, 0.05) is 5.02 Å². The van der Waals surface area contributed by atoms with Crippen LogP contribution in [0.1, 0.15) is 15.9 Å². The van der Waals surface area contributed by atoms with Gasteiger partial charge in [0.2, 0.25) is 10.0 Å². The highest BCUT2D eigenvalue weighted by atomic mass is 35.5. The number of benzene rings is 2. The van der Waals surface area contributed by atoms with E-state index in [1.807, 2.05) is 0 Å². The van der Waals surface area contributed by atoms with Gasteiger partial charge in [0.05, 0.1) is 5.56 Å². The number of halogens is 2. The van der Waals surface area contributed by atoms with Crippen LogP contribution in [0.15, 0.2) is 47.4 Å². The molecule has 0 saturated heterocycles. The molecule has 116 valence electrons. The van der Waals surface area contributed by atoms with Gasteiger partial charge >= 0.3 is 5.97 Å². The predicted octanol–water partition coefficient (Wildman–Crippen LogP) is 2.48. The van der Waals surface area contributed by atoms with Crippen molar-refractivity contribution in [3.63, 3.8) is 0 Å². The van der Waals surface area contributed by atoms with E-state index < -0.39 is 26.7 Å². The zero-order valence-electron chi connectivity index (χ0n) is 11.1. The van der Waals surface area contributed by atoms with Gasteiger partial charge in [-0.2, -0.15) is 0 Å². The molecular formula is C14H11ClFNO4S. The third-order valence-electron chi connectivity index (χ3n) is 2.73. The highest BCUT2D eigenvalue weighted by molar-refractivity contribution is 7.89. The van der Waals surface area contributed by atoms with E-state index in [4.69, 9.17) is 21.5 Å². The summed E-state index contributed by atoms with van der Waals surface area (Å²) in [5.74, 6) is -1.83. The Labute approximate surface area is 131 Å². The zero-order chi connectivity index (χ0) is 16.3. The number of hydrogen-bond acceptors (Lipinski definition) is 4. The lowest BCUT2D eigenvalue weighted by molar-refractivity contribution is 0.0472. The van der Waals surface area contributed by atoms with E-state index in [2.05, 4.69) is 0 Å². The molecule has 0 aromatic heterocycles. The van der Waals surface area contributed by atoms with Crippen LogP contribution in [0.2, 0.25) is 5.02 Å². The number of hydrogen-bond donors (Lipinski definition) is 1. The van der Waals surface area contributed by atoms with Crippen LogP contribution in [0.4, 0.5) is 4.39 Å². The van der Waals surface area contributed by atoms with E-state index in [1.165, 1.54) is 0 Å². The van der Waals surface area contributed by atoms with Crippen molar-refractivity contribution in [3.05, 3.63) is 64.4 Å². The summed E-state index contributed by atoms with van der Waals surface area (Å²) in [5.41, 5.74) is 0.544. The van der Waals surface area contributed by atoms with Gasteiger partial charge in [0.1, 0.15) is 17.3 Å². The fourth-order valence-corrected chi connectivity index (χ4v) is 2.55. The van der Waals surface area contributed by atoms with Crippen molar-refractivity contribution in [1.29, 1.82) is 0 Å². The number of nitrogens with two attached hydrogens (primary N) is 1. The van der Waals surface area contributed by atoms with Crippen LogP contribution in [0, 0.1) is 5.82 Å². The fourth-order valence-electron chi connectivity index (χ4n) is 1.71. The van der Waals surface area contributed by atoms with Crippen LogP contribution in [0.25, 0.3) is 0 Å². The van der Waals surface area contributed by atoms with Crippen LogP contribution in [-0.4, -0.2) is 14.4 Å². The van der Waals surface area contributed by atoms with Gasteiger partial charge in [-0.15, -0.1) is 0 Å². The molecule has 0 fully saturated rings. The van der Waals surface area contributed by atoms with Gasteiger partial charge in [-0.1, -0.05) is 23.7 Å². The summed E-state index contributed by atoms with van der Waals surface area (Å²) in [6, 6.07) is 9.49. The number of carbonyl (C=O) groups excluding carboxylic acids is 1. The van der Waals surface area contributed by atoms with E-state index >= 15 is 0 Å². The lowest BCUT2D eigenvalue weighted by Gasteiger charge is -2.07. The van der Waals surface area contributed by atoms with E-state index in [9.17, 15) is 17.6 Å². The van der Waals surface area contributed by atoms with Crippen molar-refractivity contribution in [2.24, 2.45) is 5.14 Å². The third kappa shape index (κ3) is 4.03. The van der Waals surface area contributed by atoms with E-state index in [1.54, 1.807) is 24.3 Å². The minimum Gasteiger partial charge on any atom is -0.457 e. The first-order valence-corrected chi connectivity index (χ1v) is 7.94. The highest BCUT2D eigenvalue weighted by Crippen LogP contribution is 2.17. The van der Waals surface area contributed by atoms with E-state index in [-0.39, 0.29) is 12.2 Å². The summed E-state index contributed by atoms with van der Waals surface area (Å²) < 4.78 is 40.9. The second-order valence-electron chi connectivity index (χ2n) is 4.40. The molecular weight excluding hydrogens is 333 g/mol. The molecule has 0 bridgehead atoms. The molecule has 8 heteroatoms. The predicted molar refractivity (Wildman–Crippen MR) is 78.3 cm³/mol. The normalized spacial score (nSPS) is 11.2. The number of esters is 1. The fraction of sp³-hybridized carbons (Fsp3) is 0.0714. The van der Waals surface area contributed by atoms with Gasteiger partial charge in [0.15, 0.2) is 0 Å². The van der Waals surface area contributed by atoms with Gasteiger partial charge in [0.25, 0.3) is 0 Å². The van der Waals surface area contributed by atoms with Gasteiger partial charge < -0.3 is 4.74 Å². The molecule has 2 rings (SSSR count). The Hall–Kier alpha value is -1.96. The molecule has 2 aromatic carbocycles. The molecule has 22 heavy (non-hydrogen) atoms. The molecule has 0 heterocycles. The Bertz CT molecular complexity index is 823. The maximum absolute atomic E-state index is 13.4. The molecule has 0 aliphatic heterocycles. The quantitative estimate of drug-likeness (QED) is 0.864. The summed E-state index contributed by atoms with van der Waals surface area (Å²) in [4.78, 5) is 11.1. The van der Waals surface area contributed by atoms with Gasteiger partial charge in [-0.25, -0.2) is 22.7 Å². The van der Waals surface area contributed by atoms with Crippen LogP contribution in [-0.2, 0) is 21.4 Å². The van der Waals surface area contributed by atoms with Gasteiger partial charge in [-0.3, -0.25) is 0 Å². The smallest absolute Gasteiger partial charge is 0.338 e. The van der Waals surface area contributed by atoms with Crippen LogP contribution >= 0.6 is 11.6 Å². The summed E-state index contributed by atoms with van der Waals surface area (Å²) in [6.07, 6.45) is 0. The number of rotatable bonds is 4. The largest absolute Gasteiger partial charge is 0.457 e. The second kappa shape index (κ2) is 6.43. The molecule has 2 N–H and O–H groups in total. The highest BCUT2D eigenvalue weighted by Gasteiger charge is 2.18. The van der Waals surface area contributed by atoms with Crippen molar-refractivity contribution >= 4 is 27.6 Å². The molecule has 0 aliphatic carbocycles. The molecule has 0 radical (unpaired) electrons. The van der Waals surface area contributed by atoms with Crippen molar-refractivity contribution in [3.8, 4) is 0 Å². The van der Waals surface area contributed by atoms with Crippen molar-refractivity contribution in [2.45, 2.75) is 11.5 Å². The standard InChI is InChI=1S/C14H11ClFNO4S/c15-11-3-1-2-9(6-11)8-21-14(18)10-4-5-12(16)13(7-10)22(17,19)20/h1-7H,8H2,(H2,17,19,20). The van der Waals surface area contributed by atoms with Gasteiger partial charge in [-0.05, 0) is 35.9 Å². The minimum absolute atomic E-state index is 0.0541. The molecule has 0 amide bonds. The number of sulfonamides is 1. The summed E-state index contributed by atoms with van der Waals surface area (Å²) >= 11 is 5.80. The molecule has 0 spiro atoms. The van der Waals surface area contributed by atoms with E-state index in [0.717, 1.165) is 18.2 Å². The SMILES string of the molecule is NS(=O)(=O)c1cc(C(=O)OCc2cccc(Cl)c2)ccc1F. The van der Waals surface area contributed by atoms with Crippen LogP contribution < -0.4 is 5.14 Å². The maximum atomic E-state index is 13.4. The lowest BCUT2D eigenvalue weighted by Crippen LogP contribution is -2.15. The summed E-state index contributed by atoms with van der Waals surface area (Å²) in [6.45, 7) is -0.0541. The second-order valence-corrected chi connectivity index (χ2v) is 6.36. The average molecular weight is 344 g/mol. The molecule has 5 nitrogen and oxygen atoms in total. The topological polar surface area (TPSA) is 86.5 Å². The average Bonchev–Trinajstić information content (AvgIpc) is 2.44. The summed E-state index contributed by atoms with van der Waals surface area (Å²) in [5, 5.41) is 5.37. The first kappa shape index (κ1) is 16.4. The summed E-state index contributed by atoms with van der Waals surface area (Å²) in [7, 11) is -4.26. The molecule has 0 aliphatic rings. The maximum Gasteiger partial charge on any atom is 0.338 e. The Morgan fingerprint density at radius 3 is 2.59 bits per heavy atom. The monoisotopic (exact) mass is 343 g/mol. The molecule has 2 aromatic rings. The van der Waals surface area contributed by atoms with Crippen molar-refractivity contribution < 1.29 is 22.3 Å². The zero-order valence-corrected chi connectivity index (χ0v) is 12.7. The number of ether oxygens (including phenoxy) is 1. The Balaban J connectivity index is 2.17. The van der Waals surface area contributed by atoms with Crippen molar-refractivity contribution in [2.75, 3.05) is 0 Å². The third-order valence-corrected chi connectivity index (χ3v) is 3.89. The number of primary sulfonamides is 1. The van der Waals surface area contributed by atoms with Crippen LogP contribution in [0.5, 0.6) is 0 Å². The molecule has 0 saturated carbocycles. The Kier molecular flexibility index (Phi) is 4.80. The molecule has 0 atom stereocenters. The number of carbonyl (C=O) groups is 1. The first-order valence-electron chi connectivity index (χ1n) is 6.01. The lowest BCUT2D eigenvalue weighted by atomic mass is 10.2. The van der Waals surface area contributed by atoms with Crippen LogP contribution in [0.3, 0.4) is 0 Å². The van der Waals surface area contributed by atoms with Crippen molar-refractivity contribution in [1.82, 2.24) is 0 Å². The van der Waals surface area contributed by atoms with E-state index in [0.29, 0.717) is 10.6 Å². The Morgan fingerprint density at radius 2 is 1.95 bits per heavy atom. The molecule has 0 unspecified atom stereocenters. The minimum atomic E-state index is -4.26. The first-order chi connectivity index (χ1) is 10.3.